The van der Waals surface area contributed by atoms with E-state index in [0.717, 1.165) is 51.8 Å². The molecule has 1 aromatic carbocycles. The second-order valence-corrected chi connectivity index (χ2v) is 9.37. The quantitative estimate of drug-likeness (QED) is 0.344. The zero-order chi connectivity index (χ0) is 24.6. The number of carbonyl (C=O) groups is 1. The molecule has 1 amide bonds. The van der Waals surface area contributed by atoms with Gasteiger partial charge in [-0.1, -0.05) is 6.07 Å². The number of anilines is 1. The number of morpholine rings is 1. The predicted molar refractivity (Wildman–Crippen MR) is 139 cm³/mol. The maximum atomic E-state index is 13.3. The van der Waals surface area contributed by atoms with E-state index in [9.17, 15) is 4.79 Å². The summed E-state index contributed by atoms with van der Waals surface area (Å²) in [5.41, 5.74) is 5.52. The van der Waals surface area contributed by atoms with Crippen molar-refractivity contribution in [2.24, 2.45) is 0 Å². The summed E-state index contributed by atoms with van der Waals surface area (Å²) in [6.45, 7) is 6.53. The smallest absolute Gasteiger partial charge is 0.274 e. The van der Waals surface area contributed by atoms with Gasteiger partial charge >= 0.3 is 0 Å². The molecule has 9 nitrogen and oxygen atoms in total. The highest BCUT2D eigenvalue weighted by Gasteiger charge is 2.23. The summed E-state index contributed by atoms with van der Waals surface area (Å²) in [4.78, 5) is 27.8. The van der Waals surface area contributed by atoms with Crippen LogP contribution in [0.1, 0.15) is 30.0 Å². The van der Waals surface area contributed by atoms with Gasteiger partial charge < -0.3 is 15.0 Å². The number of hydrogen-bond acceptors (Lipinski definition) is 6. The molecule has 9 heteroatoms. The molecule has 1 saturated heterocycles. The molecule has 0 aliphatic carbocycles. The minimum Gasteiger partial charge on any atom is -0.373 e. The van der Waals surface area contributed by atoms with Gasteiger partial charge in [0.05, 0.1) is 35.3 Å². The highest BCUT2D eigenvalue weighted by molar-refractivity contribution is 6.09. The topological polar surface area (TPSA) is 112 Å². The van der Waals surface area contributed by atoms with Crippen molar-refractivity contribution in [3.8, 4) is 11.1 Å². The van der Waals surface area contributed by atoms with Gasteiger partial charge in [-0.25, -0.2) is 9.97 Å². The summed E-state index contributed by atoms with van der Waals surface area (Å²) < 4.78 is 5.83. The van der Waals surface area contributed by atoms with Crippen LogP contribution in [-0.2, 0) is 11.3 Å². The number of aromatic amines is 2. The highest BCUT2D eigenvalue weighted by atomic mass is 16.5. The number of rotatable bonds is 5. The molecule has 0 spiro atoms. The Bertz CT molecular complexity index is 1550. The van der Waals surface area contributed by atoms with Crippen molar-refractivity contribution in [2.45, 2.75) is 32.6 Å². The molecule has 0 bridgehead atoms. The molecule has 5 heterocycles. The van der Waals surface area contributed by atoms with Crippen LogP contribution < -0.4 is 5.32 Å². The lowest BCUT2D eigenvalue weighted by atomic mass is 10.0. The Kier molecular flexibility index (Phi) is 5.71. The van der Waals surface area contributed by atoms with Crippen molar-refractivity contribution in [3.05, 3.63) is 72.4 Å². The van der Waals surface area contributed by atoms with E-state index in [1.165, 1.54) is 0 Å². The summed E-state index contributed by atoms with van der Waals surface area (Å²) in [5, 5.41) is 12.1. The Morgan fingerprint density at radius 2 is 2.00 bits per heavy atom. The molecular formula is C27H27N7O2. The van der Waals surface area contributed by atoms with E-state index in [4.69, 9.17) is 4.74 Å². The van der Waals surface area contributed by atoms with Gasteiger partial charge in [0, 0.05) is 42.8 Å². The average molecular weight is 482 g/mol. The van der Waals surface area contributed by atoms with Gasteiger partial charge in [0.2, 0.25) is 0 Å². The normalized spacial score (nSPS) is 18.6. The molecule has 0 radical (unpaired) electrons. The lowest BCUT2D eigenvalue weighted by Crippen LogP contribution is -2.45. The zero-order valence-corrected chi connectivity index (χ0v) is 20.2. The third kappa shape index (κ3) is 4.34. The van der Waals surface area contributed by atoms with Crippen LogP contribution in [0.3, 0.4) is 0 Å². The summed E-state index contributed by atoms with van der Waals surface area (Å²) in [6, 6.07) is 13.6. The number of hydrogen-bond donors (Lipinski definition) is 3. The molecule has 36 heavy (non-hydrogen) atoms. The number of fused-ring (bicyclic) bond motifs is 2. The molecule has 3 N–H and O–H groups in total. The minimum absolute atomic E-state index is 0.178. The largest absolute Gasteiger partial charge is 0.373 e. The number of carbonyl (C=O) groups excluding carboxylic acids is 1. The maximum absolute atomic E-state index is 13.3. The molecule has 1 aliphatic rings. The zero-order valence-electron chi connectivity index (χ0n) is 20.2. The van der Waals surface area contributed by atoms with Crippen molar-refractivity contribution in [2.75, 3.05) is 18.4 Å². The Labute approximate surface area is 207 Å². The second kappa shape index (κ2) is 9.18. The van der Waals surface area contributed by atoms with Crippen molar-refractivity contribution in [3.63, 3.8) is 0 Å². The van der Waals surface area contributed by atoms with Crippen LogP contribution in [0.2, 0.25) is 0 Å². The number of benzene rings is 1. The molecular weight excluding hydrogens is 454 g/mol. The van der Waals surface area contributed by atoms with E-state index in [0.29, 0.717) is 17.9 Å². The summed E-state index contributed by atoms with van der Waals surface area (Å²) in [6.07, 6.45) is 5.72. The second-order valence-electron chi connectivity index (χ2n) is 9.37. The molecule has 5 aromatic rings. The summed E-state index contributed by atoms with van der Waals surface area (Å²) in [5.74, 6) is -0.262. The molecule has 6 rings (SSSR count). The first-order valence-electron chi connectivity index (χ1n) is 12.1. The SMILES string of the molecule is C[C@@H]1CN(Cc2cccc(C(=O)Nc3cc(-c4ccnc5[nH]ccc45)cc4[nH]ncc34)n2)C[C@H](C)O1. The highest BCUT2D eigenvalue weighted by Crippen LogP contribution is 2.33. The number of aromatic nitrogens is 5. The van der Waals surface area contributed by atoms with Crippen molar-refractivity contribution in [1.29, 1.82) is 0 Å². The van der Waals surface area contributed by atoms with E-state index in [-0.39, 0.29) is 18.1 Å². The Morgan fingerprint density at radius 1 is 1.14 bits per heavy atom. The lowest BCUT2D eigenvalue weighted by molar-refractivity contribution is -0.0707. The van der Waals surface area contributed by atoms with Crippen LogP contribution in [0.4, 0.5) is 5.69 Å². The van der Waals surface area contributed by atoms with Crippen molar-refractivity contribution >= 4 is 33.5 Å². The average Bonchev–Trinajstić information content (AvgIpc) is 3.53. The van der Waals surface area contributed by atoms with E-state index < -0.39 is 0 Å². The van der Waals surface area contributed by atoms with E-state index in [1.54, 1.807) is 18.5 Å². The third-order valence-corrected chi connectivity index (χ3v) is 6.50. The van der Waals surface area contributed by atoms with Gasteiger partial charge in [-0.3, -0.25) is 14.8 Å². The Morgan fingerprint density at radius 3 is 2.86 bits per heavy atom. The lowest BCUT2D eigenvalue weighted by Gasteiger charge is -2.35. The van der Waals surface area contributed by atoms with Crippen LogP contribution in [0, 0.1) is 0 Å². The van der Waals surface area contributed by atoms with Crippen LogP contribution in [0.25, 0.3) is 33.1 Å². The fourth-order valence-electron chi connectivity index (χ4n) is 5.05. The molecule has 1 fully saturated rings. The Hall–Kier alpha value is -4.08. The van der Waals surface area contributed by atoms with Gasteiger partial charge in [0.15, 0.2) is 0 Å². The van der Waals surface area contributed by atoms with E-state index in [1.807, 2.05) is 42.6 Å². The first-order chi connectivity index (χ1) is 17.5. The number of pyridine rings is 2. The van der Waals surface area contributed by atoms with Gasteiger partial charge in [-0.05, 0) is 61.4 Å². The predicted octanol–water partition coefficient (Wildman–Crippen LogP) is 4.36. The molecule has 0 unspecified atom stereocenters. The minimum atomic E-state index is -0.262. The van der Waals surface area contributed by atoms with Gasteiger partial charge in [-0.15, -0.1) is 0 Å². The number of H-pyrrole nitrogens is 2. The first-order valence-corrected chi connectivity index (χ1v) is 12.1. The first kappa shape index (κ1) is 22.4. The van der Waals surface area contributed by atoms with E-state index in [2.05, 4.69) is 49.2 Å². The van der Waals surface area contributed by atoms with Crippen molar-refractivity contribution in [1.82, 2.24) is 30.0 Å². The van der Waals surface area contributed by atoms with Crippen LogP contribution in [0.5, 0.6) is 0 Å². The number of nitrogens with one attached hydrogen (secondary N) is 3. The third-order valence-electron chi connectivity index (χ3n) is 6.50. The molecule has 182 valence electrons. The standard InChI is InChI=1S/C27H27N7O2/c1-16-13-34(14-17(2)36-16)15-19-4-3-5-23(31-19)27(35)32-24-10-18(11-25-22(24)12-30-33-25)20-6-8-28-26-21(20)7-9-29-26/h3-12,16-17H,13-15H2,1-2H3,(H,28,29)(H,30,33)(H,32,35)/t16-,17+. The van der Waals surface area contributed by atoms with Crippen LogP contribution in [0.15, 0.2) is 61.1 Å². The number of amides is 1. The summed E-state index contributed by atoms with van der Waals surface area (Å²) in [7, 11) is 0. The molecule has 1 aliphatic heterocycles. The number of ether oxygens (including phenoxy) is 1. The van der Waals surface area contributed by atoms with Crippen LogP contribution >= 0.6 is 0 Å². The fraction of sp³-hybridized carbons (Fsp3) is 0.259. The van der Waals surface area contributed by atoms with Gasteiger partial charge in [0.1, 0.15) is 11.3 Å². The molecule has 4 aromatic heterocycles. The fourth-order valence-corrected chi connectivity index (χ4v) is 5.05. The summed E-state index contributed by atoms with van der Waals surface area (Å²) >= 11 is 0. The van der Waals surface area contributed by atoms with Gasteiger partial charge in [-0.2, -0.15) is 5.10 Å². The number of nitrogens with zero attached hydrogens (tertiary/aromatic N) is 4. The molecule has 2 atom stereocenters. The van der Waals surface area contributed by atoms with Crippen LogP contribution in [-0.4, -0.2) is 61.3 Å². The van der Waals surface area contributed by atoms with Gasteiger partial charge in [0.25, 0.3) is 5.91 Å². The molecule has 0 saturated carbocycles. The maximum Gasteiger partial charge on any atom is 0.274 e. The van der Waals surface area contributed by atoms with E-state index >= 15 is 0 Å². The van der Waals surface area contributed by atoms with Crippen molar-refractivity contribution < 1.29 is 9.53 Å². The monoisotopic (exact) mass is 481 g/mol. The Balaban J connectivity index is 1.28.